The van der Waals surface area contributed by atoms with Crippen molar-refractivity contribution in [2.24, 2.45) is 0 Å². The molecular weight excluding hydrogens is 344 g/mol. The van der Waals surface area contributed by atoms with E-state index in [0.717, 1.165) is 17.8 Å². The van der Waals surface area contributed by atoms with E-state index in [0.29, 0.717) is 6.61 Å². The highest BCUT2D eigenvalue weighted by atomic mass is 35.5. The topological polar surface area (TPSA) is 25.1 Å². The largest absolute Gasteiger partial charge is 0.319 e. The first kappa shape index (κ1) is 18.2. The van der Waals surface area contributed by atoms with E-state index < -0.39 is 0 Å². The Labute approximate surface area is 159 Å². The maximum Gasteiger partial charge on any atom is 0.319 e. The van der Waals surface area contributed by atoms with Crippen molar-refractivity contribution in [3.8, 4) is 0 Å². The van der Waals surface area contributed by atoms with Crippen LogP contribution in [0.4, 0.5) is 0 Å². The second-order valence-corrected chi connectivity index (χ2v) is 6.35. The Bertz CT molecular complexity index is 796. The van der Waals surface area contributed by atoms with E-state index in [2.05, 4.69) is 53.5 Å². The molecule has 132 valence electrons. The van der Waals surface area contributed by atoms with Gasteiger partial charge in [0.1, 0.15) is 5.69 Å². The molecule has 0 saturated carbocycles. The molecule has 3 rings (SSSR count). The van der Waals surface area contributed by atoms with Gasteiger partial charge in [-0.3, -0.25) is 9.82 Å². The summed E-state index contributed by atoms with van der Waals surface area (Å²) in [4.78, 5) is 10.0. The Morgan fingerprint density at radius 3 is 2.04 bits per heavy atom. The van der Waals surface area contributed by atoms with E-state index in [1.54, 1.807) is 6.20 Å². The third-order valence-electron chi connectivity index (χ3n) is 4.31. The molecule has 3 nitrogen and oxygen atoms in total. The average molecular weight is 366 g/mol. The molecule has 26 heavy (non-hydrogen) atoms. The molecule has 0 unspecified atom stereocenters. The van der Waals surface area contributed by atoms with E-state index >= 15 is 0 Å². The lowest BCUT2D eigenvalue weighted by Gasteiger charge is -2.16. The van der Waals surface area contributed by atoms with Crippen molar-refractivity contribution in [3.05, 3.63) is 102 Å². The quantitative estimate of drug-likeness (QED) is 0.326. The van der Waals surface area contributed by atoms with Gasteiger partial charge < -0.3 is 0 Å². The number of rotatable bonds is 7. The minimum absolute atomic E-state index is 0.262. The molecule has 4 heteroatoms. The number of pyridine rings is 1. The van der Waals surface area contributed by atoms with Crippen LogP contribution < -0.4 is 0 Å². The molecule has 0 fully saturated rings. The zero-order chi connectivity index (χ0) is 18.2. The first-order valence-electron chi connectivity index (χ1n) is 8.69. The number of nitrogens with zero attached hydrogens (tertiary/aromatic N) is 2. The predicted molar refractivity (Wildman–Crippen MR) is 105 cm³/mol. The van der Waals surface area contributed by atoms with Crippen molar-refractivity contribution in [1.82, 2.24) is 4.98 Å². The molecule has 0 aliphatic heterocycles. The lowest BCUT2D eigenvalue weighted by atomic mass is 9.89. The number of hydrogen-bond acceptors (Lipinski definition) is 2. The maximum absolute atomic E-state index is 6.28. The van der Waals surface area contributed by atoms with Crippen LogP contribution in [0.15, 0.2) is 85.1 Å². The standard InChI is InChI=1S/C22H22ClN2O/c1-18(22-14-8-9-16-24-22)25(23)26-17-15-21(19-10-4-2-5-11-19)20-12-6-3-7-13-20/h2-14,16,21H,15,17H2,1H3/q+1. The predicted octanol–water partition coefficient (Wildman–Crippen LogP) is 5.21. The van der Waals surface area contributed by atoms with Gasteiger partial charge in [0.05, 0.1) is 4.26 Å². The van der Waals surface area contributed by atoms with Crippen LogP contribution in [-0.4, -0.2) is 21.6 Å². The SMILES string of the molecule is CC(c1ccccn1)=[N+](Cl)OCCC(c1ccccc1)c1ccccc1. The van der Waals surface area contributed by atoms with Gasteiger partial charge in [0.25, 0.3) is 5.71 Å². The van der Waals surface area contributed by atoms with E-state index in [9.17, 15) is 0 Å². The molecular formula is C22H22ClN2O+. The van der Waals surface area contributed by atoms with Crippen molar-refractivity contribution < 1.29 is 9.10 Å². The van der Waals surface area contributed by atoms with Crippen LogP contribution in [0, 0.1) is 0 Å². The minimum atomic E-state index is 0.262. The highest BCUT2D eigenvalue weighted by Gasteiger charge is 2.18. The van der Waals surface area contributed by atoms with E-state index in [4.69, 9.17) is 16.6 Å². The summed E-state index contributed by atoms with van der Waals surface area (Å²) in [5.74, 6) is 0.262. The number of aromatic nitrogens is 1. The molecule has 1 heterocycles. The van der Waals surface area contributed by atoms with Crippen LogP contribution in [0.5, 0.6) is 0 Å². The van der Waals surface area contributed by atoms with Crippen molar-refractivity contribution in [2.75, 3.05) is 6.61 Å². The van der Waals surface area contributed by atoms with Crippen LogP contribution in [0.2, 0.25) is 0 Å². The van der Waals surface area contributed by atoms with Crippen LogP contribution >= 0.6 is 11.8 Å². The van der Waals surface area contributed by atoms with Crippen molar-refractivity contribution in [2.45, 2.75) is 19.3 Å². The monoisotopic (exact) mass is 365 g/mol. The number of halogens is 1. The molecule has 0 aliphatic rings. The van der Waals surface area contributed by atoms with E-state index in [1.165, 1.54) is 15.4 Å². The Morgan fingerprint density at radius 1 is 0.923 bits per heavy atom. The summed E-state index contributed by atoms with van der Waals surface area (Å²) in [7, 11) is 0. The summed E-state index contributed by atoms with van der Waals surface area (Å²) in [6, 6.07) is 26.7. The molecule has 0 amide bonds. The molecule has 3 aromatic rings. The summed E-state index contributed by atoms with van der Waals surface area (Å²) in [6.07, 6.45) is 2.57. The molecule has 1 aromatic heterocycles. The van der Waals surface area contributed by atoms with Crippen molar-refractivity contribution in [3.63, 3.8) is 0 Å². The highest BCUT2D eigenvalue weighted by Crippen LogP contribution is 2.27. The maximum atomic E-state index is 6.28. The Morgan fingerprint density at radius 2 is 1.50 bits per heavy atom. The van der Waals surface area contributed by atoms with E-state index in [1.807, 2.05) is 37.3 Å². The summed E-state index contributed by atoms with van der Waals surface area (Å²) >= 11 is 6.28. The van der Waals surface area contributed by atoms with Gasteiger partial charge in [0.15, 0.2) is 6.61 Å². The second kappa shape index (κ2) is 9.16. The van der Waals surface area contributed by atoms with Crippen LogP contribution in [0.25, 0.3) is 0 Å². The molecule has 0 aliphatic carbocycles. The fraction of sp³-hybridized carbons (Fsp3) is 0.182. The zero-order valence-corrected chi connectivity index (χ0v) is 15.5. The fourth-order valence-electron chi connectivity index (χ4n) is 2.91. The Balaban J connectivity index is 1.71. The van der Waals surface area contributed by atoms with Crippen molar-refractivity contribution >= 4 is 17.5 Å². The van der Waals surface area contributed by atoms with Gasteiger partial charge in [-0.05, 0) is 29.7 Å². The lowest BCUT2D eigenvalue weighted by Crippen LogP contribution is -2.15. The molecule has 0 bridgehead atoms. The Kier molecular flexibility index (Phi) is 6.39. The first-order chi connectivity index (χ1) is 12.8. The summed E-state index contributed by atoms with van der Waals surface area (Å²) in [5.41, 5.74) is 4.11. The van der Waals surface area contributed by atoms with E-state index in [-0.39, 0.29) is 5.92 Å². The first-order valence-corrected chi connectivity index (χ1v) is 9.03. The van der Waals surface area contributed by atoms with Gasteiger partial charge in [0, 0.05) is 19.0 Å². The Hall–Kier alpha value is -2.65. The number of hydrogen-bond donors (Lipinski definition) is 0. The fourth-order valence-corrected chi connectivity index (χ4v) is 3.07. The number of benzene rings is 2. The average Bonchev–Trinajstić information content (AvgIpc) is 2.72. The molecule has 0 atom stereocenters. The third kappa shape index (κ3) is 4.70. The summed E-state index contributed by atoms with van der Waals surface area (Å²) in [6.45, 7) is 2.39. The normalized spacial score (nSPS) is 12.0. The third-order valence-corrected chi connectivity index (χ3v) is 4.67. The van der Waals surface area contributed by atoms with Gasteiger partial charge >= 0.3 is 11.8 Å². The highest BCUT2D eigenvalue weighted by molar-refractivity contribution is 6.10. The summed E-state index contributed by atoms with van der Waals surface area (Å²) < 4.78 is 1.29. The lowest BCUT2D eigenvalue weighted by molar-refractivity contribution is -0.683. The minimum Gasteiger partial charge on any atom is -0.255 e. The molecule has 0 spiro atoms. The van der Waals surface area contributed by atoms with Crippen LogP contribution in [0.1, 0.15) is 36.1 Å². The van der Waals surface area contributed by atoms with Crippen LogP contribution in [-0.2, 0) is 4.84 Å². The zero-order valence-electron chi connectivity index (χ0n) is 14.8. The van der Waals surface area contributed by atoms with Gasteiger partial charge in [-0.25, -0.2) is 0 Å². The smallest absolute Gasteiger partial charge is 0.255 e. The van der Waals surface area contributed by atoms with Crippen LogP contribution in [0.3, 0.4) is 0 Å². The summed E-state index contributed by atoms with van der Waals surface area (Å²) in [5, 5.41) is 0. The second-order valence-electron chi connectivity index (χ2n) is 6.04. The molecule has 0 radical (unpaired) electrons. The van der Waals surface area contributed by atoms with Crippen molar-refractivity contribution in [1.29, 1.82) is 0 Å². The van der Waals surface area contributed by atoms with Gasteiger partial charge in [-0.15, -0.1) is 0 Å². The molecule has 2 aromatic carbocycles. The molecule has 0 N–H and O–H groups in total. The van der Waals surface area contributed by atoms with Gasteiger partial charge in [-0.2, -0.15) is 0 Å². The van der Waals surface area contributed by atoms with Gasteiger partial charge in [-0.1, -0.05) is 66.7 Å². The van der Waals surface area contributed by atoms with Gasteiger partial charge in [0.2, 0.25) is 0 Å². The molecule has 0 saturated heterocycles.